The molecule has 1 N–H and O–H groups in total. The van der Waals surface area contributed by atoms with Gasteiger partial charge in [-0.15, -0.1) is 0 Å². The van der Waals surface area contributed by atoms with Gasteiger partial charge in [-0.05, 0) is 29.8 Å². The first-order valence-corrected chi connectivity index (χ1v) is 9.49. The van der Waals surface area contributed by atoms with Gasteiger partial charge in [-0.3, -0.25) is 9.69 Å². The van der Waals surface area contributed by atoms with E-state index in [1.807, 2.05) is 6.08 Å². The predicted molar refractivity (Wildman–Crippen MR) is 103 cm³/mol. The zero-order valence-electron chi connectivity index (χ0n) is 16.0. The van der Waals surface area contributed by atoms with Gasteiger partial charge >= 0.3 is 12.1 Å². The fraction of sp³-hybridized carbons (Fsp3) is 0.318. The van der Waals surface area contributed by atoms with Crippen molar-refractivity contribution in [2.75, 3.05) is 26.2 Å². The van der Waals surface area contributed by atoms with Gasteiger partial charge in [-0.2, -0.15) is 13.2 Å². The first kappa shape index (κ1) is 20.3. The number of carboxylic acids is 1. The van der Waals surface area contributed by atoms with Crippen molar-refractivity contribution in [2.45, 2.75) is 12.8 Å². The summed E-state index contributed by atoms with van der Waals surface area (Å²) in [6, 6.07) is 10.5. The van der Waals surface area contributed by atoms with Crippen LogP contribution in [0, 0.1) is 5.92 Å². The molecule has 0 atom stereocenters. The standard InChI is InChI=1S/C22H20F3NO4/c23-22(24,25)19-4-2-1-3-16(19)13-29-18-6-5-15-7-14(12-30-20(15)8-18)9-26-10-17(11-26)21(27)28/h1-8,17H,9-13H2,(H,27,28). The largest absolute Gasteiger partial charge is 0.489 e. The highest BCUT2D eigenvalue weighted by molar-refractivity contribution is 5.71. The molecular formula is C22H20F3NO4. The van der Waals surface area contributed by atoms with E-state index in [9.17, 15) is 18.0 Å². The summed E-state index contributed by atoms with van der Waals surface area (Å²) in [6.07, 6.45) is -2.43. The summed E-state index contributed by atoms with van der Waals surface area (Å²) >= 11 is 0. The zero-order chi connectivity index (χ0) is 21.3. The first-order chi connectivity index (χ1) is 14.3. The number of carboxylic acid groups (broad SMARTS) is 1. The number of aliphatic carboxylic acids is 1. The van der Waals surface area contributed by atoms with E-state index in [-0.39, 0.29) is 18.1 Å². The summed E-state index contributed by atoms with van der Waals surface area (Å²) in [5.41, 5.74) is 1.26. The number of carbonyl (C=O) groups is 1. The average molecular weight is 419 g/mol. The average Bonchev–Trinajstić information content (AvgIpc) is 2.68. The Hall–Kier alpha value is -3.00. The number of hydrogen-bond acceptors (Lipinski definition) is 4. The van der Waals surface area contributed by atoms with E-state index in [1.54, 1.807) is 24.3 Å². The molecule has 2 heterocycles. The van der Waals surface area contributed by atoms with E-state index in [4.69, 9.17) is 14.6 Å². The van der Waals surface area contributed by atoms with Crippen molar-refractivity contribution in [3.63, 3.8) is 0 Å². The lowest BCUT2D eigenvalue weighted by Crippen LogP contribution is -2.51. The number of nitrogens with zero attached hydrogens (tertiary/aromatic N) is 1. The van der Waals surface area contributed by atoms with Gasteiger partial charge in [-0.25, -0.2) is 0 Å². The lowest BCUT2D eigenvalue weighted by atomic mass is 9.98. The third-order valence-corrected chi connectivity index (χ3v) is 5.21. The van der Waals surface area contributed by atoms with Gasteiger partial charge in [0.05, 0.1) is 11.5 Å². The lowest BCUT2D eigenvalue weighted by molar-refractivity contribution is -0.147. The molecule has 2 aromatic rings. The molecule has 0 aromatic heterocycles. The monoisotopic (exact) mass is 419 g/mol. The SMILES string of the molecule is O=C(O)C1CN(CC2=Cc3ccc(OCc4ccccc4C(F)(F)F)cc3OC2)C1. The van der Waals surface area contributed by atoms with E-state index < -0.39 is 17.7 Å². The number of benzene rings is 2. The normalized spacial score (nSPS) is 16.8. The molecule has 0 bridgehead atoms. The molecule has 0 spiro atoms. The fourth-order valence-corrected chi connectivity index (χ4v) is 3.60. The molecule has 158 valence electrons. The van der Waals surface area contributed by atoms with Gasteiger partial charge in [0.1, 0.15) is 24.7 Å². The molecule has 2 aliphatic rings. The molecule has 1 fully saturated rings. The minimum atomic E-state index is -4.43. The summed E-state index contributed by atoms with van der Waals surface area (Å²) in [7, 11) is 0. The molecule has 0 radical (unpaired) electrons. The van der Waals surface area contributed by atoms with Crippen molar-refractivity contribution in [1.82, 2.24) is 4.90 Å². The van der Waals surface area contributed by atoms with Crippen molar-refractivity contribution in [3.05, 3.63) is 64.7 Å². The van der Waals surface area contributed by atoms with Gasteiger partial charge in [0, 0.05) is 36.8 Å². The van der Waals surface area contributed by atoms with Crippen LogP contribution in [0.15, 0.2) is 48.0 Å². The van der Waals surface area contributed by atoms with Gasteiger partial charge in [-0.1, -0.05) is 18.2 Å². The van der Waals surface area contributed by atoms with Crippen LogP contribution in [0.5, 0.6) is 11.5 Å². The zero-order valence-corrected chi connectivity index (χ0v) is 16.0. The number of hydrogen-bond donors (Lipinski definition) is 1. The summed E-state index contributed by atoms with van der Waals surface area (Å²) in [4.78, 5) is 12.9. The second-order valence-electron chi connectivity index (χ2n) is 7.46. The number of fused-ring (bicyclic) bond motifs is 1. The Labute approximate surface area is 171 Å². The van der Waals surface area contributed by atoms with Crippen LogP contribution in [0.4, 0.5) is 13.2 Å². The van der Waals surface area contributed by atoms with Crippen molar-refractivity contribution >= 4 is 12.0 Å². The Morgan fingerprint density at radius 1 is 1.20 bits per heavy atom. The van der Waals surface area contributed by atoms with Crippen LogP contribution >= 0.6 is 0 Å². The van der Waals surface area contributed by atoms with E-state index >= 15 is 0 Å². The van der Waals surface area contributed by atoms with Crippen LogP contribution in [0.25, 0.3) is 6.08 Å². The molecule has 2 aromatic carbocycles. The van der Waals surface area contributed by atoms with E-state index in [1.165, 1.54) is 12.1 Å². The molecule has 2 aliphatic heterocycles. The Morgan fingerprint density at radius 2 is 1.97 bits per heavy atom. The maximum Gasteiger partial charge on any atom is 0.416 e. The molecule has 0 aliphatic carbocycles. The summed E-state index contributed by atoms with van der Waals surface area (Å²) in [6.45, 7) is 1.89. The van der Waals surface area contributed by atoms with Crippen molar-refractivity contribution in [3.8, 4) is 11.5 Å². The molecule has 0 unspecified atom stereocenters. The highest BCUT2D eigenvalue weighted by Crippen LogP contribution is 2.34. The van der Waals surface area contributed by atoms with Gasteiger partial charge in [0.2, 0.25) is 0 Å². The smallest absolute Gasteiger partial charge is 0.416 e. The molecule has 0 amide bonds. The van der Waals surface area contributed by atoms with Crippen molar-refractivity contribution in [1.29, 1.82) is 0 Å². The first-order valence-electron chi connectivity index (χ1n) is 9.49. The summed E-state index contributed by atoms with van der Waals surface area (Å²) in [5, 5.41) is 8.95. The van der Waals surface area contributed by atoms with Crippen LogP contribution in [-0.4, -0.2) is 42.2 Å². The third-order valence-electron chi connectivity index (χ3n) is 5.21. The Balaban J connectivity index is 1.39. The molecule has 5 nitrogen and oxygen atoms in total. The van der Waals surface area contributed by atoms with Gasteiger partial charge in [0.15, 0.2) is 0 Å². The van der Waals surface area contributed by atoms with Gasteiger partial charge < -0.3 is 14.6 Å². The summed E-state index contributed by atoms with van der Waals surface area (Å²) in [5.74, 6) is -0.0394. The van der Waals surface area contributed by atoms with E-state index in [2.05, 4.69) is 4.90 Å². The van der Waals surface area contributed by atoms with Crippen LogP contribution in [0.1, 0.15) is 16.7 Å². The molecule has 30 heavy (non-hydrogen) atoms. The molecule has 0 saturated carbocycles. The molecule has 8 heteroatoms. The Morgan fingerprint density at radius 3 is 2.70 bits per heavy atom. The predicted octanol–water partition coefficient (Wildman–Crippen LogP) is 4.08. The number of rotatable bonds is 6. The van der Waals surface area contributed by atoms with Gasteiger partial charge in [0.25, 0.3) is 0 Å². The highest BCUT2D eigenvalue weighted by atomic mass is 19.4. The Kier molecular flexibility index (Phi) is 5.42. The summed E-state index contributed by atoms with van der Waals surface area (Å²) < 4.78 is 50.7. The van der Waals surface area contributed by atoms with Crippen LogP contribution in [-0.2, 0) is 17.6 Å². The second-order valence-corrected chi connectivity index (χ2v) is 7.46. The lowest BCUT2D eigenvalue weighted by Gasteiger charge is -2.37. The Bertz CT molecular complexity index is 981. The number of alkyl halides is 3. The molecule has 4 rings (SSSR count). The minimum Gasteiger partial charge on any atom is -0.489 e. The van der Waals surface area contributed by atoms with Crippen molar-refractivity contribution < 1.29 is 32.5 Å². The topological polar surface area (TPSA) is 59.0 Å². The quantitative estimate of drug-likeness (QED) is 0.765. The molecule has 1 saturated heterocycles. The van der Waals surface area contributed by atoms with E-state index in [0.717, 1.165) is 17.2 Å². The second kappa shape index (κ2) is 8.02. The highest BCUT2D eigenvalue weighted by Gasteiger charge is 2.34. The third kappa shape index (κ3) is 4.43. The maximum atomic E-state index is 13.1. The number of likely N-dealkylation sites (tertiary alicyclic amines) is 1. The van der Waals surface area contributed by atoms with Crippen LogP contribution in [0.2, 0.25) is 0 Å². The van der Waals surface area contributed by atoms with Crippen molar-refractivity contribution in [2.24, 2.45) is 5.92 Å². The number of halogens is 3. The maximum absolute atomic E-state index is 13.1. The van der Waals surface area contributed by atoms with Crippen LogP contribution in [0.3, 0.4) is 0 Å². The molecular weight excluding hydrogens is 399 g/mol. The number of ether oxygens (including phenoxy) is 2. The fourth-order valence-electron chi connectivity index (χ4n) is 3.60. The van der Waals surface area contributed by atoms with Crippen LogP contribution < -0.4 is 9.47 Å². The van der Waals surface area contributed by atoms with E-state index in [0.29, 0.717) is 37.7 Å². The minimum absolute atomic E-state index is 0.0695.